The molecule has 0 saturated carbocycles. The maximum absolute atomic E-state index is 5.92. The highest BCUT2D eigenvalue weighted by Gasteiger charge is 2.16. The molecule has 0 aliphatic carbocycles. The van der Waals surface area contributed by atoms with Crippen molar-refractivity contribution in [2.45, 2.75) is 6.92 Å². The van der Waals surface area contributed by atoms with Crippen LogP contribution in [0.2, 0.25) is 0 Å². The van der Waals surface area contributed by atoms with E-state index in [-0.39, 0.29) is 0 Å². The molecule has 31 heavy (non-hydrogen) atoms. The van der Waals surface area contributed by atoms with Gasteiger partial charge in [0.05, 0.1) is 22.9 Å². The van der Waals surface area contributed by atoms with E-state index in [9.17, 15) is 0 Å². The zero-order valence-electron chi connectivity index (χ0n) is 16.5. The van der Waals surface area contributed by atoms with Gasteiger partial charge < -0.3 is 10.7 Å². The molecule has 0 saturated heterocycles. The number of nitrogens with one attached hydrogen (secondary N) is 2. The molecule has 7 nitrogen and oxygen atoms in total. The van der Waals surface area contributed by atoms with Crippen LogP contribution in [0.3, 0.4) is 0 Å². The average Bonchev–Trinajstić information content (AvgIpc) is 3.50. The molecule has 6 aromatic rings. The summed E-state index contributed by atoms with van der Waals surface area (Å²) >= 11 is 1.73. The Kier molecular flexibility index (Phi) is 3.87. The average molecular weight is 424 g/mol. The number of aromatic amines is 2. The topological polar surface area (TPSA) is 109 Å². The van der Waals surface area contributed by atoms with Gasteiger partial charge in [0.25, 0.3) is 0 Å². The lowest BCUT2D eigenvalue weighted by Gasteiger charge is -2.03. The number of aromatic nitrogens is 6. The summed E-state index contributed by atoms with van der Waals surface area (Å²) in [5.74, 6) is 0.701. The quantitative estimate of drug-likeness (QED) is 0.363. The van der Waals surface area contributed by atoms with Gasteiger partial charge >= 0.3 is 0 Å². The lowest BCUT2D eigenvalue weighted by molar-refractivity contribution is 1.11. The molecule has 150 valence electrons. The normalized spacial score (nSPS) is 11.5. The van der Waals surface area contributed by atoms with Crippen LogP contribution in [0, 0.1) is 6.92 Å². The Balaban J connectivity index is 1.51. The SMILES string of the molecule is Cc1ccc(-c2cncc3[nH]c(-c4n[nH]c5ccc(-c6cncc(N)c6)cc45)nc23)s1. The van der Waals surface area contributed by atoms with Gasteiger partial charge in [-0.25, -0.2) is 4.98 Å². The number of nitrogens with zero attached hydrogens (tertiary/aromatic N) is 4. The number of benzene rings is 1. The molecule has 0 amide bonds. The molecule has 0 spiro atoms. The predicted octanol–water partition coefficient (Wildman–Crippen LogP) is 5.18. The molecule has 1 aromatic carbocycles. The Morgan fingerprint density at radius 3 is 2.65 bits per heavy atom. The number of hydrogen-bond donors (Lipinski definition) is 3. The van der Waals surface area contributed by atoms with Crippen LogP contribution in [0.25, 0.3) is 55.0 Å². The van der Waals surface area contributed by atoms with Crippen LogP contribution in [-0.2, 0) is 0 Å². The van der Waals surface area contributed by atoms with E-state index in [0.29, 0.717) is 11.5 Å². The summed E-state index contributed by atoms with van der Waals surface area (Å²) < 4.78 is 0. The largest absolute Gasteiger partial charge is 0.397 e. The monoisotopic (exact) mass is 423 g/mol. The molecular weight excluding hydrogens is 406 g/mol. The van der Waals surface area contributed by atoms with Crippen molar-refractivity contribution in [3.05, 3.63) is 66.1 Å². The Morgan fingerprint density at radius 1 is 0.903 bits per heavy atom. The number of imidazole rings is 1. The number of fused-ring (bicyclic) bond motifs is 2. The minimum atomic E-state index is 0.631. The summed E-state index contributed by atoms with van der Waals surface area (Å²) in [6.07, 6.45) is 7.11. The van der Waals surface area contributed by atoms with E-state index in [2.05, 4.69) is 50.3 Å². The Labute approximate surface area is 181 Å². The van der Waals surface area contributed by atoms with Crippen molar-refractivity contribution in [2.75, 3.05) is 5.73 Å². The third-order valence-corrected chi connectivity index (χ3v) is 6.31. The Bertz CT molecular complexity index is 1570. The number of hydrogen-bond acceptors (Lipinski definition) is 6. The number of nitrogen functional groups attached to an aromatic ring is 1. The van der Waals surface area contributed by atoms with Crippen LogP contribution in [0.1, 0.15) is 4.88 Å². The van der Waals surface area contributed by atoms with Gasteiger partial charge in [0.2, 0.25) is 0 Å². The van der Waals surface area contributed by atoms with E-state index in [1.165, 1.54) is 4.88 Å². The van der Waals surface area contributed by atoms with Gasteiger partial charge in [0.15, 0.2) is 5.82 Å². The lowest BCUT2D eigenvalue weighted by atomic mass is 10.0. The summed E-state index contributed by atoms with van der Waals surface area (Å²) in [6, 6.07) is 12.3. The molecule has 0 atom stereocenters. The number of thiophene rings is 1. The molecule has 5 heterocycles. The Morgan fingerprint density at radius 2 is 1.81 bits per heavy atom. The number of pyridine rings is 2. The lowest BCUT2D eigenvalue weighted by Crippen LogP contribution is -1.88. The summed E-state index contributed by atoms with van der Waals surface area (Å²) in [7, 11) is 0. The highest BCUT2D eigenvalue weighted by molar-refractivity contribution is 7.15. The number of H-pyrrole nitrogens is 2. The molecule has 4 N–H and O–H groups in total. The van der Waals surface area contributed by atoms with Gasteiger partial charge in [-0.1, -0.05) is 6.07 Å². The highest BCUT2D eigenvalue weighted by atomic mass is 32.1. The van der Waals surface area contributed by atoms with Gasteiger partial charge in [-0.05, 0) is 42.8 Å². The number of anilines is 1. The molecule has 0 radical (unpaired) electrons. The maximum Gasteiger partial charge on any atom is 0.159 e. The summed E-state index contributed by atoms with van der Waals surface area (Å²) in [5.41, 5.74) is 13.0. The van der Waals surface area contributed by atoms with E-state index in [1.54, 1.807) is 29.9 Å². The summed E-state index contributed by atoms with van der Waals surface area (Å²) in [5, 5.41) is 8.62. The third-order valence-electron chi connectivity index (χ3n) is 5.28. The molecule has 5 aromatic heterocycles. The minimum Gasteiger partial charge on any atom is -0.397 e. The van der Waals surface area contributed by atoms with E-state index in [4.69, 9.17) is 10.7 Å². The first-order chi connectivity index (χ1) is 15.2. The van der Waals surface area contributed by atoms with E-state index < -0.39 is 0 Å². The smallest absolute Gasteiger partial charge is 0.159 e. The van der Waals surface area contributed by atoms with Gasteiger partial charge in [-0.3, -0.25) is 15.1 Å². The second-order valence-corrected chi connectivity index (χ2v) is 8.71. The second-order valence-electron chi connectivity index (χ2n) is 7.42. The van der Waals surface area contributed by atoms with E-state index in [0.717, 1.165) is 49.2 Å². The van der Waals surface area contributed by atoms with E-state index in [1.807, 2.05) is 24.4 Å². The second kappa shape index (κ2) is 6.75. The van der Waals surface area contributed by atoms with Crippen molar-refractivity contribution in [1.82, 2.24) is 30.1 Å². The van der Waals surface area contributed by atoms with Crippen molar-refractivity contribution in [3.63, 3.8) is 0 Å². The molecular formula is C23H17N7S. The van der Waals surface area contributed by atoms with Crippen LogP contribution in [-0.4, -0.2) is 30.1 Å². The number of aryl methyl sites for hydroxylation is 1. The van der Waals surface area contributed by atoms with Crippen LogP contribution in [0.5, 0.6) is 0 Å². The molecule has 0 unspecified atom stereocenters. The molecule has 0 aliphatic rings. The van der Waals surface area contributed by atoms with Crippen LogP contribution in [0.15, 0.2) is 61.2 Å². The van der Waals surface area contributed by atoms with Crippen molar-refractivity contribution in [1.29, 1.82) is 0 Å². The molecule has 0 fully saturated rings. The van der Waals surface area contributed by atoms with Gasteiger partial charge in [-0.2, -0.15) is 5.10 Å². The van der Waals surface area contributed by atoms with Gasteiger partial charge in [0, 0.05) is 44.9 Å². The van der Waals surface area contributed by atoms with Crippen molar-refractivity contribution < 1.29 is 0 Å². The Hall–Kier alpha value is -4.04. The predicted molar refractivity (Wildman–Crippen MR) is 125 cm³/mol. The first-order valence-corrected chi connectivity index (χ1v) is 10.6. The van der Waals surface area contributed by atoms with Crippen molar-refractivity contribution >= 4 is 39.0 Å². The minimum absolute atomic E-state index is 0.631. The van der Waals surface area contributed by atoms with E-state index >= 15 is 0 Å². The highest BCUT2D eigenvalue weighted by Crippen LogP contribution is 2.35. The standard InChI is InChI=1S/C23H17N7S/c1-12-2-5-20(31-12)17-10-26-11-19-21(17)28-23(27-19)22-16-7-13(3-4-18(16)29-30-22)14-6-15(24)9-25-8-14/h2-11H,24H2,1H3,(H,27,28)(H,29,30). The molecule has 8 heteroatoms. The van der Waals surface area contributed by atoms with Crippen LogP contribution in [0.4, 0.5) is 5.69 Å². The van der Waals surface area contributed by atoms with Crippen LogP contribution >= 0.6 is 11.3 Å². The van der Waals surface area contributed by atoms with Gasteiger partial charge in [-0.15, -0.1) is 11.3 Å². The van der Waals surface area contributed by atoms with Crippen molar-refractivity contribution in [2.24, 2.45) is 0 Å². The fourth-order valence-electron chi connectivity index (χ4n) is 3.79. The number of nitrogens with two attached hydrogens (primary N) is 1. The first-order valence-electron chi connectivity index (χ1n) is 9.75. The zero-order chi connectivity index (χ0) is 20.9. The fourth-order valence-corrected chi connectivity index (χ4v) is 4.67. The number of rotatable bonds is 3. The third kappa shape index (κ3) is 2.96. The first kappa shape index (κ1) is 17.8. The molecule has 0 bridgehead atoms. The maximum atomic E-state index is 5.92. The summed E-state index contributed by atoms with van der Waals surface area (Å²) in [6.45, 7) is 2.10. The zero-order valence-corrected chi connectivity index (χ0v) is 17.4. The fraction of sp³-hybridized carbons (Fsp3) is 0.0435. The molecule has 0 aliphatic heterocycles. The molecule has 6 rings (SSSR count). The van der Waals surface area contributed by atoms with Gasteiger partial charge in [0.1, 0.15) is 11.2 Å². The van der Waals surface area contributed by atoms with Crippen molar-refractivity contribution in [3.8, 4) is 33.1 Å². The van der Waals surface area contributed by atoms with Crippen LogP contribution < -0.4 is 5.73 Å². The summed E-state index contributed by atoms with van der Waals surface area (Å²) in [4.78, 5) is 19.3.